The summed E-state index contributed by atoms with van der Waals surface area (Å²) in [5, 5.41) is 10.00. The lowest BCUT2D eigenvalue weighted by Gasteiger charge is -2.13. The van der Waals surface area contributed by atoms with Crippen molar-refractivity contribution >= 4 is 11.6 Å². The van der Waals surface area contributed by atoms with Crippen LogP contribution in [0.4, 0.5) is 4.39 Å². The van der Waals surface area contributed by atoms with Crippen LogP contribution >= 0.6 is 11.6 Å². The summed E-state index contributed by atoms with van der Waals surface area (Å²) < 4.78 is 13.3. The smallest absolute Gasteiger partial charge is 0.166 e. The number of halogens is 2. The molecule has 2 nitrogen and oxygen atoms in total. The van der Waals surface area contributed by atoms with Gasteiger partial charge in [-0.3, -0.25) is 0 Å². The zero-order valence-corrected chi connectivity index (χ0v) is 9.94. The molecule has 16 heavy (non-hydrogen) atoms. The molecule has 4 heteroatoms. The Kier molecular flexibility index (Phi) is 2.84. The predicted molar refractivity (Wildman–Crippen MR) is 62.3 cm³/mol. The van der Waals surface area contributed by atoms with Crippen molar-refractivity contribution in [3.63, 3.8) is 0 Å². The van der Waals surface area contributed by atoms with Crippen LogP contribution in [0.3, 0.4) is 0 Å². The Morgan fingerprint density at radius 1 is 1.56 bits per heavy atom. The molecule has 0 aliphatic heterocycles. The van der Waals surface area contributed by atoms with Crippen molar-refractivity contribution in [2.24, 2.45) is 5.73 Å². The lowest BCUT2D eigenvalue weighted by Crippen LogP contribution is -2.22. The quantitative estimate of drug-likeness (QED) is 0.858. The van der Waals surface area contributed by atoms with E-state index in [1.807, 2.05) is 0 Å². The Balaban J connectivity index is 2.24. The van der Waals surface area contributed by atoms with E-state index in [4.69, 9.17) is 17.3 Å². The minimum atomic E-state index is -0.660. The van der Waals surface area contributed by atoms with Crippen molar-refractivity contribution in [3.8, 4) is 5.75 Å². The van der Waals surface area contributed by atoms with E-state index < -0.39 is 5.82 Å². The van der Waals surface area contributed by atoms with E-state index in [0.29, 0.717) is 17.0 Å². The molecule has 1 aliphatic carbocycles. The largest absolute Gasteiger partial charge is 0.505 e. The molecule has 0 aromatic heterocycles. The highest BCUT2D eigenvalue weighted by molar-refractivity contribution is 6.31. The average Bonchev–Trinajstić information content (AvgIpc) is 2.94. The molecule has 1 aliphatic rings. The van der Waals surface area contributed by atoms with E-state index in [9.17, 15) is 9.50 Å². The van der Waals surface area contributed by atoms with Gasteiger partial charge in [0.05, 0.1) is 0 Å². The minimum Gasteiger partial charge on any atom is -0.505 e. The van der Waals surface area contributed by atoms with Gasteiger partial charge in [0.25, 0.3) is 0 Å². The maximum Gasteiger partial charge on any atom is 0.166 e. The first-order valence-electron chi connectivity index (χ1n) is 5.38. The Bertz CT molecular complexity index is 403. The fourth-order valence-electron chi connectivity index (χ4n) is 1.84. The molecular formula is C12H15ClFNO. The zero-order chi connectivity index (χ0) is 11.9. The second-order valence-electron chi connectivity index (χ2n) is 4.65. The van der Waals surface area contributed by atoms with Crippen molar-refractivity contribution < 1.29 is 9.50 Å². The molecule has 0 radical (unpaired) electrons. The van der Waals surface area contributed by atoms with E-state index in [-0.39, 0.29) is 11.3 Å². The monoisotopic (exact) mass is 243 g/mol. The first kappa shape index (κ1) is 11.7. The van der Waals surface area contributed by atoms with Gasteiger partial charge in [0.1, 0.15) is 0 Å². The Morgan fingerprint density at radius 2 is 2.19 bits per heavy atom. The maximum absolute atomic E-state index is 13.3. The Labute approximate surface area is 99.2 Å². The molecule has 1 fully saturated rings. The highest BCUT2D eigenvalue weighted by atomic mass is 35.5. The summed E-state index contributed by atoms with van der Waals surface area (Å²) in [4.78, 5) is 0. The van der Waals surface area contributed by atoms with E-state index in [1.54, 1.807) is 6.92 Å². The van der Waals surface area contributed by atoms with Gasteiger partial charge in [-0.05, 0) is 44.2 Å². The number of hydrogen-bond donors (Lipinski definition) is 2. The number of benzene rings is 1. The molecule has 0 atom stereocenters. The van der Waals surface area contributed by atoms with E-state index in [0.717, 1.165) is 30.9 Å². The molecule has 0 bridgehead atoms. The zero-order valence-electron chi connectivity index (χ0n) is 9.19. The van der Waals surface area contributed by atoms with Crippen molar-refractivity contribution in [1.29, 1.82) is 0 Å². The number of aromatic hydroxyl groups is 1. The van der Waals surface area contributed by atoms with Gasteiger partial charge in [0.15, 0.2) is 11.6 Å². The Morgan fingerprint density at radius 3 is 2.75 bits per heavy atom. The molecule has 88 valence electrons. The third kappa shape index (κ3) is 2.15. The third-order valence-electron chi connectivity index (χ3n) is 3.34. The summed E-state index contributed by atoms with van der Waals surface area (Å²) in [5.74, 6) is -0.946. The predicted octanol–water partition coefficient (Wildman–Crippen LogP) is 2.92. The standard InChI is InChI=1S/C12H15ClFNO/c1-7-8(2-3-12(15)4-5-12)11(16)10(14)6-9(7)13/h6,16H,2-5,15H2,1H3. The highest BCUT2D eigenvalue weighted by Crippen LogP contribution is 2.39. The lowest BCUT2D eigenvalue weighted by molar-refractivity contribution is 0.422. The van der Waals surface area contributed by atoms with Crippen LogP contribution in [-0.4, -0.2) is 10.6 Å². The van der Waals surface area contributed by atoms with Crippen LogP contribution in [0.25, 0.3) is 0 Å². The molecule has 0 unspecified atom stereocenters. The SMILES string of the molecule is Cc1c(Cl)cc(F)c(O)c1CCC1(N)CC1. The second kappa shape index (κ2) is 3.90. The molecule has 0 amide bonds. The van der Waals surface area contributed by atoms with Gasteiger partial charge in [0, 0.05) is 16.1 Å². The summed E-state index contributed by atoms with van der Waals surface area (Å²) in [6.45, 7) is 1.78. The summed E-state index contributed by atoms with van der Waals surface area (Å²) in [6, 6.07) is 1.14. The molecule has 1 saturated carbocycles. The molecule has 0 saturated heterocycles. The van der Waals surface area contributed by atoms with Gasteiger partial charge >= 0.3 is 0 Å². The van der Waals surface area contributed by atoms with Gasteiger partial charge in [-0.1, -0.05) is 11.6 Å². The highest BCUT2D eigenvalue weighted by Gasteiger charge is 2.37. The topological polar surface area (TPSA) is 46.2 Å². The van der Waals surface area contributed by atoms with Crippen molar-refractivity contribution in [3.05, 3.63) is 28.0 Å². The van der Waals surface area contributed by atoms with Crippen molar-refractivity contribution in [1.82, 2.24) is 0 Å². The van der Waals surface area contributed by atoms with E-state index in [2.05, 4.69) is 0 Å². The van der Waals surface area contributed by atoms with Crippen LogP contribution in [0.1, 0.15) is 30.4 Å². The average molecular weight is 244 g/mol. The molecular weight excluding hydrogens is 229 g/mol. The van der Waals surface area contributed by atoms with Gasteiger partial charge in [-0.2, -0.15) is 0 Å². The van der Waals surface area contributed by atoms with Crippen molar-refractivity contribution in [2.45, 2.75) is 38.1 Å². The van der Waals surface area contributed by atoms with Gasteiger partial charge in [-0.15, -0.1) is 0 Å². The summed E-state index contributed by atoms with van der Waals surface area (Å²) in [7, 11) is 0. The first-order chi connectivity index (χ1) is 7.43. The maximum atomic E-state index is 13.3. The number of nitrogens with two attached hydrogens (primary N) is 1. The summed E-state index contributed by atoms with van der Waals surface area (Å²) in [6.07, 6.45) is 3.36. The van der Waals surface area contributed by atoms with E-state index in [1.165, 1.54) is 0 Å². The molecule has 2 rings (SSSR count). The van der Waals surface area contributed by atoms with Gasteiger partial charge in [-0.25, -0.2) is 4.39 Å². The normalized spacial score (nSPS) is 17.5. The number of hydrogen-bond acceptors (Lipinski definition) is 2. The minimum absolute atomic E-state index is 0.0995. The second-order valence-corrected chi connectivity index (χ2v) is 5.06. The fraction of sp³-hybridized carbons (Fsp3) is 0.500. The van der Waals surface area contributed by atoms with Crippen LogP contribution in [0, 0.1) is 12.7 Å². The van der Waals surface area contributed by atoms with Crippen LogP contribution in [-0.2, 0) is 6.42 Å². The number of rotatable bonds is 3. The lowest BCUT2D eigenvalue weighted by atomic mass is 9.99. The number of phenols is 1. The van der Waals surface area contributed by atoms with E-state index >= 15 is 0 Å². The van der Waals surface area contributed by atoms with Crippen LogP contribution in [0.2, 0.25) is 5.02 Å². The van der Waals surface area contributed by atoms with Crippen LogP contribution in [0.5, 0.6) is 5.75 Å². The summed E-state index contributed by atoms with van der Waals surface area (Å²) in [5.41, 5.74) is 7.19. The molecule has 0 spiro atoms. The van der Waals surface area contributed by atoms with Gasteiger partial charge < -0.3 is 10.8 Å². The molecule has 1 aromatic rings. The summed E-state index contributed by atoms with van der Waals surface area (Å²) >= 11 is 5.87. The van der Waals surface area contributed by atoms with Crippen LogP contribution in [0.15, 0.2) is 6.07 Å². The third-order valence-corrected chi connectivity index (χ3v) is 3.73. The molecule has 1 aromatic carbocycles. The van der Waals surface area contributed by atoms with Crippen molar-refractivity contribution in [2.75, 3.05) is 0 Å². The first-order valence-corrected chi connectivity index (χ1v) is 5.76. The fourth-order valence-corrected chi connectivity index (χ4v) is 2.05. The number of phenolic OH excluding ortho intramolecular Hbond substituents is 1. The molecule has 0 heterocycles. The molecule has 3 N–H and O–H groups in total. The van der Waals surface area contributed by atoms with Gasteiger partial charge in [0.2, 0.25) is 0 Å². The Hall–Kier alpha value is -0.800. The van der Waals surface area contributed by atoms with Crippen LogP contribution < -0.4 is 5.73 Å².